The number of halogens is 2. The topological polar surface area (TPSA) is 45.8 Å². The molecular formula is C9H6BrClN2O. The van der Waals surface area contributed by atoms with Gasteiger partial charge in [-0.2, -0.15) is 5.10 Å². The molecule has 0 fully saturated rings. The van der Waals surface area contributed by atoms with Gasteiger partial charge in [-0.3, -0.25) is 4.79 Å². The molecule has 14 heavy (non-hydrogen) atoms. The fraction of sp³-hybridized carbons (Fsp3) is 0.111. The molecule has 1 heterocycles. The zero-order valence-electron chi connectivity index (χ0n) is 7.27. The van der Waals surface area contributed by atoms with E-state index in [-0.39, 0.29) is 5.56 Å². The summed E-state index contributed by atoms with van der Waals surface area (Å²) < 4.78 is 0.711. The first-order valence-electron chi connectivity index (χ1n) is 3.93. The lowest BCUT2D eigenvalue weighted by molar-refractivity contribution is 0.970. The smallest absolute Gasteiger partial charge is 0.267 e. The van der Waals surface area contributed by atoms with Crippen LogP contribution in [0.15, 0.2) is 21.4 Å². The third-order valence-corrected chi connectivity index (χ3v) is 3.22. The Morgan fingerprint density at radius 1 is 1.43 bits per heavy atom. The van der Waals surface area contributed by atoms with Crippen LogP contribution in [0.4, 0.5) is 0 Å². The minimum atomic E-state index is -0.206. The highest BCUT2D eigenvalue weighted by molar-refractivity contribution is 9.10. The number of nitrogens with one attached hydrogen (secondary N) is 1. The molecule has 0 bridgehead atoms. The SMILES string of the molecule is Cc1n[nH]c(=O)c2cc(Br)c(Cl)cc12. The summed E-state index contributed by atoms with van der Waals surface area (Å²) in [6.07, 6.45) is 0. The number of H-pyrrole nitrogens is 1. The van der Waals surface area contributed by atoms with Gasteiger partial charge in [0.15, 0.2) is 0 Å². The van der Waals surface area contributed by atoms with Gasteiger partial charge in [0.05, 0.1) is 16.1 Å². The summed E-state index contributed by atoms with van der Waals surface area (Å²) in [5.74, 6) is 0. The molecule has 0 aliphatic carbocycles. The molecule has 0 radical (unpaired) electrons. The van der Waals surface area contributed by atoms with Gasteiger partial charge in [-0.05, 0) is 35.0 Å². The van der Waals surface area contributed by atoms with E-state index in [0.29, 0.717) is 14.9 Å². The summed E-state index contributed by atoms with van der Waals surface area (Å²) in [6, 6.07) is 3.43. The van der Waals surface area contributed by atoms with Crippen molar-refractivity contribution in [1.29, 1.82) is 0 Å². The van der Waals surface area contributed by atoms with Gasteiger partial charge < -0.3 is 0 Å². The number of hydrogen-bond acceptors (Lipinski definition) is 2. The molecule has 0 atom stereocenters. The summed E-state index contributed by atoms with van der Waals surface area (Å²) in [7, 11) is 0. The number of nitrogens with zero attached hydrogens (tertiary/aromatic N) is 1. The van der Waals surface area contributed by atoms with Gasteiger partial charge >= 0.3 is 0 Å². The highest BCUT2D eigenvalue weighted by Gasteiger charge is 2.06. The first-order chi connectivity index (χ1) is 6.59. The van der Waals surface area contributed by atoms with Gasteiger partial charge in [0.25, 0.3) is 5.56 Å². The van der Waals surface area contributed by atoms with Crippen LogP contribution in [0, 0.1) is 6.92 Å². The lowest BCUT2D eigenvalue weighted by Crippen LogP contribution is -2.09. The molecule has 72 valence electrons. The van der Waals surface area contributed by atoms with Crippen LogP contribution in [0.3, 0.4) is 0 Å². The Labute approximate surface area is 93.2 Å². The van der Waals surface area contributed by atoms with Crippen molar-refractivity contribution in [3.63, 3.8) is 0 Å². The lowest BCUT2D eigenvalue weighted by atomic mass is 10.1. The number of fused-ring (bicyclic) bond motifs is 1. The molecule has 0 amide bonds. The van der Waals surface area contributed by atoms with Crippen molar-refractivity contribution in [2.45, 2.75) is 6.92 Å². The predicted octanol–water partition coefficient (Wildman–Crippen LogP) is 2.65. The fourth-order valence-corrected chi connectivity index (χ4v) is 1.80. The van der Waals surface area contributed by atoms with E-state index >= 15 is 0 Å². The highest BCUT2D eigenvalue weighted by atomic mass is 79.9. The van der Waals surface area contributed by atoms with Crippen LogP contribution in [0.25, 0.3) is 10.8 Å². The Morgan fingerprint density at radius 3 is 2.86 bits per heavy atom. The molecule has 0 spiro atoms. The quantitative estimate of drug-likeness (QED) is 0.802. The maximum atomic E-state index is 11.4. The number of hydrogen-bond donors (Lipinski definition) is 1. The Balaban J connectivity index is 3.02. The normalized spacial score (nSPS) is 10.8. The molecule has 1 aromatic heterocycles. The number of aryl methyl sites for hydroxylation is 1. The van der Waals surface area contributed by atoms with E-state index in [0.717, 1.165) is 11.1 Å². The number of benzene rings is 1. The number of rotatable bonds is 0. The van der Waals surface area contributed by atoms with Crippen LogP contribution in [-0.4, -0.2) is 10.2 Å². The van der Waals surface area contributed by atoms with Crippen LogP contribution in [-0.2, 0) is 0 Å². The maximum Gasteiger partial charge on any atom is 0.272 e. The van der Waals surface area contributed by atoms with Crippen molar-refractivity contribution in [2.75, 3.05) is 0 Å². The Hall–Kier alpha value is -0.870. The molecule has 5 heteroatoms. The van der Waals surface area contributed by atoms with Crippen molar-refractivity contribution >= 4 is 38.3 Å². The summed E-state index contributed by atoms with van der Waals surface area (Å²) in [5.41, 5.74) is 0.553. The van der Waals surface area contributed by atoms with Crippen LogP contribution in [0.1, 0.15) is 5.69 Å². The van der Waals surface area contributed by atoms with Gasteiger partial charge in [0.2, 0.25) is 0 Å². The zero-order valence-corrected chi connectivity index (χ0v) is 9.61. The maximum absolute atomic E-state index is 11.4. The standard InChI is InChI=1S/C9H6BrClN2O/c1-4-5-3-8(11)7(10)2-6(5)9(14)13-12-4/h2-3H,1H3,(H,13,14). The second kappa shape index (κ2) is 3.37. The lowest BCUT2D eigenvalue weighted by Gasteiger charge is -2.02. The van der Waals surface area contributed by atoms with E-state index < -0.39 is 0 Å². The average molecular weight is 274 g/mol. The first-order valence-corrected chi connectivity index (χ1v) is 5.10. The second-order valence-corrected chi connectivity index (χ2v) is 4.21. The second-order valence-electron chi connectivity index (χ2n) is 2.95. The van der Waals surface area contributed by atoms with Gasteiger partial charge in [0.1, 0.15) is 0 Å². The van der Waals surface area contributed by atoms with E-state index in [1.165, 1.54) is 0 Å². The van der Waals surface area contributed by atoms with Crippen molar-refractivity contribution in [2.24, 2.45) is 0 Å². The third-order valence-electron chi connectivity index (χ3n) is 2.02. The third kappa shape index (κ3) is 1.44. The molecule has 2 rings (SSSR count). The van der Waals surface area contributed by atoms with Crippen LogP contribution in [0.2, 0.25) is 5.02 Å². The van der Waals surface area contributed by atoms with Crippen molar-refractivity contribution in [3.05, 3.63) is 37.7 Å². The fourth-order valence-electron chi connectivity index (χ4n) is 1.29. The Kier molecular flexibility index (Phi) is 2.33. The zero-order chi connectivity index (χ0) is 10.3. The minimum absolute atomic E-state index is 0.206. The molecule has 0 saturated heterocycles. The van der Waals surface area contributed by atoms with Crippen molar-refractivity contribution < 1.29 is 0 Å². The first kappa shape index (κ1) is 9.68. The van der Waals surface area contributed by atoms with Crippen LogP contribution < -0.4 is 5.56 Å². The van der Waals surface area contributed by atoms with E-state index in [1.54, 1.807) is 12.1 Å². The van der Waals surface area contributed by atoms with Gasteiger partial charge in [-0.25, -0.2) is 5.10 Å². The van der Waals surface area contributed by atoms with E-state index in [9.17, 15) is 4.79 Å². The highest BCUT2D eigenvalue weighted by Crippen LogP contribution is 2.27. The Bertz CT molecular complexity index is 564. The van der Waals surface area contributed by atoms with Crippen molar-refractivity contribution in [3.8, 4) is 0 Å². The summed E-state index contributed by atoms with van der Waals surface area (Å²) >= 11 is 9.19. The van der Waals surface area contributed by atoms with Gasteiger partial charge in [-0.1, -0.05) is 11.6 Å². The van der Waals surface area contributed by atoms with E-state index in [4.69, 9.17) is 11.6 Å². The summed E-state index contributed by atoms with van der Waals surface area (Å²) in [4.78, 5) is 11.4. The van der Waals surface area contributed by atoms with E-state index in [1.807, 2.05) is 6.92 Å². The molecule has 1 N–H and O–H groups in total. The molecule has 2 aromatic rings. The Morgan fingerprint density at radius 2 is 2.14 bits per heavy atom. The molecular weight excluding hydrogens is 267 g/mol. The minimum Gasteiger partial charge on any atom is -0.267 e. The number of aromatic nitrogens is 2. The largest absolute Gasteiger partial charge is 0.272 e. The van der Waals surface area contributed by atoms with Gasteiger partial charge in [0, 0.05) is 9.86 Å². The van der Waals surface area contributed by atoms with Gasteiger partial charge in [-0.15, -0.1) is 0 Å². The summed E-state index contributed by atoms with van der Waals surface area (Å²) in [5, 5.41) is 8.23. The predicted molar refractivity (Wildman–Crippen MR) is 59.8 cm³/mol. The molecule has 0 saturated carbocycles. The van der Waals surface area contributed by atoms with Crippen molar-refractivity contribution in [1.82, 2.24) is 10.2 Å². The van der Waals surface area contributed by atoms with E-state index in [2.05, 4.69) is 26.1 Å². The van der Waals surface area contributed by atoms with Crippen LogP contribution in [0.5, 0.6) is 0 Å². The average Bonchev–Trinajstić information content (AvgIpc) is 2.15. The molecule has 0 unspecified atom stereocenters. The van der Waals surface area contributed by atoms with Crippen LogP contribution >= 0.6 is 27.5 Å². The molecule has 1 aromatic carbocycles. The summed E-state index contributed by atoms with van der Waals surface area (Å²) in [6.45, 7) is 1.82. The number of aromatic amines is 1. The molecule has 3 nitrogen and oxygen atoms in total. The molecule has 0 aliphatic heterocycles. The molecule has 0 aliphatic rings. The monoisotopic (exact) mass is 272 g/mol.